The molecule has 2 fully saturated rings. The maximum Gasteiger partial charge on any atom is 0.236 e. The second-order valence-electron chi connectivity index (χ2n) is 8.06. The summed E-state index contributed by atoms with van der Waals surface area (Å²) in [7, 11) is -3.45. The first-order chi connectivity index (χ1) is 14.0. The van der Waals surface area contributed by atoms with Crippen LogP contribution in [0.2, 0.25) is 0 Å². The Morgan fingerprint density at radius 3 is 2.34 bits per heavy atom. The van der Waals surface area contributed by atoms with Gasteiger partial charge in [0.05, 0.1) is 0 Å². The molecule has 160 valence electrons. The van der Waals surface area contributed by atoms with Gasteiger partial charge < -0.3 is 10.2 Å². The Hall–Kier alpha value is -1.70. The number of carbonyl (C=O) groups is 1. The van der Waals surface area contributed by atoms with E-state index in [1.807, 2.05) is 30.3 Å². The van der Waals surface area contributed by atoms with Crippen molar-refractivity contribution < 1.29 is 13.2 Å². The predicted octanol–water partition coefficient (Wildman–Crippen LogP) is 2.69. The summed E-state index contributed by atoms with van der Waals surface area (Å²) in [5.41, 5.74) is 0.857. The van der Waals surface area contributed by atoms with Crippen LogP contribution in [0.4, 0.5) is 0 Å². The highest BCUT2D eigenvalue weighted by atomic mass is 32.2. The fourth-order valence-corrected chi connectivity index (χ4v) is 5.34. The van der Waals surface area contributed by atoms with E-state index in [4.69, 9.17) is 0 Å². The molecule has 0 unspecified atom stereocenters. The molecule has 0 atom stereocenters. The standard InChI is InChI=1S/C22H33N3O3S/c1-2-13-24-14-10-21(11-15-24)23-22(26)20-8-16-25(17-9-20)29(27,28)18-12-19-6-4-3-5-7-19/h3-7,12,18,20-21H,2,8-11,13-17H2,1H3,(H,23,26)/b18-12+. The maximum atomic E-state index is 12.6. The van der Waals surface area contributed by atoms with Crippen LogP contribution in [0, 0.1) is 5.92 Å². The number of hydrogen-bond donors (Lipinski definition) is 1. The summed E-state index contributed by atoms with van der Waals surface area (Å²) in [5, 5.41) is 4.47. The fourth-order valence-electron chi connectivity index (χ4n) is 4.12. The van der Waals surface area contributed by atoms with Crippen LogP contribution in [0.25, 0.3) is 6.08 Å². The molecule has 29 heavy (non-hydrogen) atoms. The molecule has 0 aromatic heterocycles. The van der Waals surface area contributed by atoms with Gasteiger partial charge in [-0.05, 0) is 50.3 Å². The normalized spacial score (nSPS) is 20.9. The summed E-state index contributed by atoms with van der Waals surface area (Å²) in [6, 6.07) is 9.65. The van der Waals surface area contributed by atoms with E-state index in [-0.39, 0.29) is 17.9 Å². The molecule has 1 aromatic rings. The Bertz CT molecular complexity index is 779. The monoisotopic (exact) mass is 419 g/mol. The zero-order valence-electron chi connectivity index (χ0n) is 17.3. The van der Waals surface area contributed by atoms with Gasteiger partial charge in [0.15, 0.2) is 0 Å². The molecule has 2 heterocycles. The van der Waals surface area contributed by atoms with Gasteiger partial charge in [-0.15, -0.1) is 0 Å². The smallest absolute Gasteiger partial charge is 0.236 e. The van der Waals surface area contributed by atoms with Gasteiger partial charge in [0.2, 0.25) is 15.9 Å². The van der Waals surface area contributed by atoms with E-state index in [1.165, 1.54) is 16.1 Å². The zero-order chi connectivity index (χ0) is 20.7. The van der Waals surface area contributed by atoms with Crippen molar-refractivity contribution in [1.82, 2.24) is 14.5 Å². The van der Waals surface area contributed by atoms with Crippen molar-refractivity contribution in [3.05, 3.63) is 41.3 Å². The molecule has 6 nitrogen and oxygen atoms in total. The molecular weight excluding hydrogens is 386 g/mol. The molecule has 1 N–H and O–H groups in total. The van der Waals surface area contributed by atoms with Gasteiger partial charge in [0.1, 0.15) is 0 Å². The van der Waals surface area contributed by atoms with Crippen molar-refractivity contribution in [3.8, 4) is 0 Å². The molecule has 0 bridgehead atoms. The van der Waals surface area contributed by atoms with Crippen LogP contribution in [0.1, 0.15) is 44.6 Å². The fraction of sp³-hybridized carbons (Fsp3) is 0.591. The number of benzene rings is 1. The Labute approximate surface area is 175 Å². The molecule has 1 amide bonds. The number of sulfonamides is 1. The van der Waals surface area contributed by atoms with Gasteiger partial charge in [-0.3, -0.25) is 4.79 Å². The minimum absolute atomic E-state index is 0.0896. The van der Waals surface area contributed by atoms with E-state index in [0.717, 1.165) is 38.0 Å². The van der Waals surface area contributed by atoms with Crippen LogP contribution >= 0.6 is 0 Å². The number of rotatable bonds is 7. The number of carbonyl (C=O) groups excluding carboxylic acids is 1. The summed E-state index contributed by atoms with van der Waals surface area (Å²) in [6.07, 6.45) is 5.96. The number of amides is 1. The Balaban J connectivity index is 1.45. The maximum absolute atomic E-state index is 12.6. The molecule has 2 saturated heterocycles. The van der Waals surface area contributed by atoms with E-state index in [1.54, 1.807) is 6.08 Å². The van der Waals surface area contributed by atoms with Gasteiger partial charge >= 0.3 is 0 Å². The molecule has 1 aromatic carbocycles. The van der Waals surface area contributed by atoms with Crippen LogP contribution in [-0.4, -0.2) is 62.3 Å². The lowest BCUT2D eigenvalue weighted by atomic mass is 9.96. The molecule has 0 spiro atoms. The van der Waals surface area contributed by atoms with E-state index in [9.17, 15) is 13.2 Å². The van der Waals surface area contributed by atoms with Crippen LogP contribution in [0.5, 0.6) is 0 Å². The lowest BCUT2D eigenvalue weighted by Crippen LogP contribution is -2.48. The molecule has 3 rings (SSSR count). The van der Waals surface area contributed by atoms with Crippen molar-refractivity contribution in [2.45, 2.75) is 45.1 Å². The first-order valence-corrected chi connectivity index (χ1v) is 12.2. The summed E-state index contributed by atoms with van der Waals surface area (Å²) in [4.78, 5) is 15.1. The third kappa shape index (κ3) is 6.39. The lowest BCUT2D eigenvalue weighted by molar-refractivity contribution is -0.127. The van der Waals surface area contributed by atoms with Crippen molar-refractivity contribution in [2.75, 3.05) is 32.7 Å². The van der Waals surface area contributed by atoms with E-state index >= 15 is 0 Å². The SMILES string of the molecule is CCCN1CCC(NC(=O)C2CCN(S(=O)(=O)/C=C/c3ccccc3)CC2)CC1. The average Bonchev–Trinajstić information content (AvgIpc) is 2.75. The third-order valence-corrected chi connectivity index (χ3v) is 7.46. The summed E-state index contributed by atoms with van der Waals surface area (Å²) in [6.45, 7) is 6.21. The van der Waals surface area contributed by atoms with Gasteiger partial charge in [0, 0.05) is 43.5 Å². The third-order valence-electron chi connectivity index (χ3n) is 5.89. The minimum atomic E-state index is -3.45. The summed E-state index contributed by atoms with van der Waals surface area (Å²) >= 11 is 0. The number of hydrogen-bond acceptors (Lipinski definition) is 4. The summed E-state index contributed by atoms with van der Waals surface area (Å²) < 4.78 is 26.6. The Morgan fingerprint density at radius 1 is 1.07 bits per heavy atom. The second-order valence-corrected chi connectivity index (χ2v) is 9.87. The molecular formula is C22H33N3O3S. The van der Waals surface area contributed by atoms with Crippen LogP contribution in [0.3, 0.4) is 0 Å². The lowest BCUT2D eigenvalue weighted by Gasteiger charge is -2.34. The Kier molecular flexibility index (Phi) is 7.86. The van der Waals surface area contributed by atoms with Crippen LogP contribution < -0.4 is 5.32 Å². The van der Waals surface area contributed by atoms with Crippen LogP contribution in [-0.2, 0) is 14.8 Å². The topological polar surface area (TPSA) is 69.7 Å². The van der Waals surface area contributed by atoms with Crippen molar-refractivity contribution in [3.63, 3.8) is 0 Å². The predicted molar refractivity (Wildman–Crippen MR) is 117 cm³/mol. The number of nitrogens with one attached hydrogen (secondary N) is 1. The molecule has 2 aliphatic heterocycles. The highest BCUT2D eigenvalue weighted by Crippen LogP contribution is 2.22. The molecule has 2 aliphatic rings. The van der Waals surface area contributed by atoms with Crippen LogP contribution in [0.15, 0.2) is 35.7 Å². The number of piperidine rings is 2. The van der Waals surface area contributed by atoms with Gasteiger partial charge in [-0.25, -0.2) is 8.42 Å². The minimum Gasteiger partial charge on any atom is -0.353 e. The van der Waals surface area contributed by atoms with Crippen molar-refractivity contribution in [1.29, 1.82) is 0 Å². The first-order valence-electron chi connectivity index (χ1n) is 10.7. The van der Waals surface area contributed by atoms with Crippen molar-refractivity contribution >= 4 is 22.0 Å². The zero-order valence-corrected chi connectivity index (χ0v) is 18.1. The molecule has 7 heteroatoms. The first kappa shape index (κ1) is 22.0. The average molecular weight is 420 g/mol. The molecule has 0 radical (unpaired) electrons. The number of likely N-dealkylation sites (tertiary alicyclic amines) is 1. The van der Waals surface area contributed by atoms with E-state index in [2.05, 4.69) is 17.1 Å². The van der Waals surface area contributed by atoms with Gasteiger partial charge in [-0.2, -0.15) is 4.31 Å². The highest BCUT2D eigenvalue weighted by Gasteiger charge is 2.31. The van der Waals surface area contributed by atoms with Gasteiger partial charge in [-0.1, -0.05) is 37.3 Å². The molecule has 0 saturated carbocycles. The quantitative estimate of drug-likeness (QED) is 0.738. The van der Waals surface area contributed by atoms with E-state index < -0.39 is 10.0 Å². The number of nitrogens with zero attached hydrogens (tertiary/aromatic N) is 2. The molecule has 0 aliphatic carbocycles. The van der Waals surface area contributed by atoms with Crippen molar-refractivity contribution in [2.24, 2.45) is 5.92 Å². The largest absolute Gasteiger partial charge is 0.353 e. The Morgan fingerprint density at radius 2 is 1.72 bits per heavy atom. The highest BCUT2D eigenvalue weighted by molar-refractivity contribution is 7.92. The summed E-state index contributed by atoms with van der Waals surface area (Å²) in [5.74, 6) is 0.00374. The van der Waals surface area contributed by atoms with E-state index in [0.29, 0.717) is 25.9 Å². The second kappa shape index (κ2) is 10.4. The van der Waals surface area contributed by atoms with Gasteiger partial charge in [0.25, 0.3) is 0 Å².